The van der Waals surface area contributed by atoms with Gasteiger partial charge in [-0.05, 0) is 63.9 Å². The van der Waals surface area contributed by atoms with Gasteiger partial charge in [0.05, 0.1) is 11.0 Å². The van der Waals surface area contributed by atoms with Crippen molar-refractivity contribution in [2.75, 3.05) is 39.8 Å². The molecule has 2 aliphatic heterocycles. The molecule has 0 atom stereocenters. The van der Waals surface area contributed by atoms with Crippen molar-refractivity contribution in [2.45, 2.75) is 31.7 Å². The SMILES string of the molecule is CN1CCC(CN2CCC(n3c(=O)[nH]c4ccccc43)CC2)CC1. The summed E-state index contributed by atoms with van der Waals surface area (Å²) >= 11 is 0. The Hall–Kier alpha value is -1.59. The summed E-state index contributed by atoms with van der Waals surface area (Å²) in [5.41, 5.74) is 2.05. The molecule has 2 aliphatic rings. The highest BCUT2D eigenvalue weighted by molar-refractivity contribution is 5.75. The number of H-pyrrole nitrogens is 1. The molecule has 0 aliphatic carbocycles. The molecule has 0 saturated carbocycles. The second-order valence-electron chi connectivity index (χ2n) is 7.60. The van der Waals surface area contributed by atoms with Crippen LogP contribution in [0.5, 0.6) is 0 Å². The Morgan fingerprint density at radius 1 is 1.04 bits per heavy atom. The third-order valence-corrected chi connectivity index (χ3v) is 5.90. The number of nitrogens with zero attached hydrogens (tertiary/aromatic N) is 3. The zero-order valence-corrected chi connectivity index (χ0v) is 14.6. The monoisotopic (exact) mass is 328 g/mol. The fraction of sp³-hybridized carbons (Fsp3) is 0.632. The molecule has 0 spiro atoms. The van der Waals surface area contributed by atoms with Gasteiger partial charge in [0.15, 0.2) is 0 Å². The van der Waals surface area contributed by atoms with Crippen molar-refractivity contribution in [3.05, 3.63) is 34.7 Å². The van der Waals surface area contributed by atoms with Gasteiger partial charge in [0.2, 0.25) is 0 Å². The van der Waals surface area contributed by atoms with Gasteiger partial charge in [0, 0.05) is 25.7 Å². The van der Waals surface area contributed by atoms with E-state index in [1.54, 1.807) is 0 Å². The van der Waals surface area contributed by atoms with Crippen molar-refractivity contribution < 1.29 is 0 Å². The van der Waals surface area contributed by atoms with E-state index in [1.165, 1.54) is 32.5 Å². The molecule has 0 radical (unpaired) electrons. The van der Waals surface area contributed by atoms with E-state index in [4.69, 9.17) is 0 Å². The molecule has 2 aromatic rings. The predicted molar refractivity (Wildman–Crippen MR) is 97.5 cm³/mol. The molecule has 5 heteroatoms. The number of hydrogen-bond donors (Lipinski definition) is 1. The first kappa shape index (κ1) is 15.9. The first-order chi connectivity index (χ1) is 11.7. The zero-order chi connectivity index (χ0) is 16.5. The lowest BCUT2D eigenvalue weighted by molar-refractivity contribution is 0.129. The fourth-order valence-electron chi connectivity index (χ4n) is 4.41. The van der Waals surface area contributed by atoms with Gasteiger partial charge in [-0.1, -0.05) is 12.1 Å². The molecule has 1 aromatic heterocycles. The van der Waals surface area contributed by atoms with Crippen molar-refractivity contribution in [1.29, 1.82) is 0 Å². The molecule has 24 heavy (non-hydrogen) atoms. The average molecular weight is 328 g/mol. The van der Waals surface area contributed by atoms with E-state index in [0.29, 0.717) is 6.04 Å². The molecule has 0 unspecified atom stereocenters. The van der Waals surface area contributed by atoms with Crippen molar-refractivity contribution >= 4 is 11.0 Å². The van der Waals surface area contributed by atoms with E-state index >= 15 is 0 Å². The Balaban J connectivity index is 1.39. The summed E-state index contributed by atoms with van der Waals surface area (Å²) in [6, 6.07) is 8.37. The second kappa shape index (κ2) is 6.73. The number of aromatic nitrogens is 2. The van der Waals surface area contributed by atoms with E-state index in [1.807, 2.05) is 22.8 Å². The third kappa shape index (κ3) is 3.15. The summed E-state index contributed by atoms with van der Waals surface area (Å²) in [6.45, 7) is 5.95. The van der Waals surface area contributed by atoms with E-state index in [-0.39, 0.29) is 5.69 Å². The lowest BCUT2D eigenvalue weighted by Crippen LogP contribution is -2.41. The van der Waals surface area contributed by atoms with Crippen LogP contribution in [-0.4, -0.2) is 59.1 Å². The second-order valence-corrected chi connectivity index (χ2v) is 7.60. The quantitative estimate of drug-likeness (QED) is 0.940. The molecule has 0 amide bonds. The van der Waals surface area contributed by atoms with Crippen LogP contribution in [0.1, 0.15) is 31.7 Å². The van der Waals surface area contributed by atoms with Crippen LogP contribution in [-0.2, 0) is 0 Å². The number of benzene rings is 1. The van der Waals surface area contributed by atoms with Gasteiger partial charge in [-0.15, -0.1) is 0 Å². The Labute approximate surface area is 143 Å². The Kier molecular flexibility index (Phi) is 4.46. The minimum Gasteiger partial charge on any atom is -0.306 e. The largest absolute Gasteiger partial charge is 0.326 e. The normalized spacial score (nSPS) is 22.4. The zero-order valence-electron chi connectivity index (χ0n) is 14.6. The molecule has 3 heterocycles. The summed E-state index contributed by atoms with van der Waals surface area (Å²) in [4.78, 5) is 20.4. The Morgan fingerprint density at radius 2 is 1.75 bits per heavy atom. The molecule has 2 saturated heterocycles. The summed E-state index contributed by atoms with van der Waals surface area (Å²) in [5.74, 6) is 0.855. The highest BCUT2D eigenvalue weighted by Gasteiger charge is 2.26. The van der Waals surface area contributed by atoms with Crippen LogP contribution in [0.15, 0.2) is 29.1 Å². The number of fused-ring (bicyclic) bond motifs is 1. The van der Waals surface area contributed by atoms with Crippen LogP contribution in [0.25, 0.3) is 11.0 Å². The first-order valence-corrected chi connectivity index (χ1v) is 9.31. The van der Waals surface area contributed by atoms with E-state index < -0.39 is 0 Å². The van der Waals surface area contributed by atoms with Crippen molar-refractivity contribution in [3.8, 4) is 0 Å². The molecule has 5 nitrogen and oxygen atoms in total. The summed E-state index contributed by atoms with van der Waals surface area (Å²) in [6.07, 6.45) is 4.82. The molecular weight excluding hydrogens is 300 g/mol. The van der Waals surface area contributed by atoms with Crippen LogP contribution in [0, 0.1) is 5.92 Å². The Morgan fingerprint density at radius 3 is 2.50 bits per heavy atom. The highest BCUT2D eigenvalue weighted by atomic mass is 16.1. The standard InChI is InChI=1S/C19H28N4O/c1-21-10-6-15(7-11-21)14-22-12-8-16(9-13-22)23-18-5-3-2-4-17(18)20-19(23)24/h2-5,15-16H,6-14H2,1H3,(H,20,24). The van der Waals surface area contributed by atoms with Crippen LogP contribution in [0.3, 0.4) is 0 Å². The molecule has 0 bridgehead atoms. The molecule has 1 N–H and O–H groups in total. The van der Waals surface area contributed by atoms with E-state index in [2.05, 4.69) is 27.9 Å². The number of nitrogens with one attached hydrogen (secondary N) is 1. The van der Waals surface area contributed by atoms with Gasteiger partial charge in [-0.3, -0.25) is 4.57 Å². The molecule has 1 aromatic carbocycles. The van der Waals surface area contributed by atoms with Crippen LogP contribution >= 0.6 is 0 Å². The lowest BCUT2D eigenvalue weighted by atomic mass is 9.95. The van der Waals surface area contributed by atoms with Crippen LogP contribution < -0.4 is 5.69 Å². The van der Waals surface area contributed by atoms with Crippen LogP contribution in [0.2, 0.25) is 0 Å². The highest BCUT2D eigenvalue weighted by Crippen LogP contribution is 2.26. The first-order valence-electron chi connectivity index (χ1n) is 9.31. The minimum atomic E-state index is 0.0463. The van der Waals surface area contributed by atoms with Gasteiger partial charge < -0.3 is 14.8 Å². The van der Waals surface area contributed by atoms with E-state index in [9.17, 15) is 4.79 Å². The smallest absolute Gasteiger partial charge is 0.306 e. The maximum absolute atomic E-state index is 12.4. The number of likely N-dealkylation sites (tertiary alicyclic amines) is 2. The number of imidazole rings is 1. The van der Waals surface area contributed by atoms with Gasteiger partial charge in [0.1, 0.15) is 0 Å². The maximum Gasteiger partial charge on any atom is 0.326 e. The van der Waals surface area contributed by atoms with Gasteiger partial charge in [0.25, 0.3) is 0 Å². The van der Waals surface area contributed by atoms with Crippen molar-refractivity contribution in [1.82, 2.24) is 19.4 Å². The van der Waals surface area contributed by atoms with Crippen molar-refractivity contribution in [2.24, 2.45) is 5.92 Å². The predicted octanol–water partition coefficient (Wildman–Crippen LogP) is 2.31. The number of aromatic amines is 1. The van der Waals surface area contributed by atoms with Gasteiger partial charge in [-0.2, -0.15) is 0 Å². The third-order valence-electron chi connectivity index (χ3n) is 5.90. The number of para-hydroxylation sites is 2. The maximum atomic E-state index is 12.4. The topological polar surface area (TPSA) is 44.3 Å². The number of piperidine rings is 2. The van der Waals surface area contributed by atoms with Crippen molar-refractivity contribution in [3.63, 3.8) is 0 Å². The summed E-state index contributed by atoms with van der Waals surface area (Å²) in [7, 11) is 2.22. The summed E-state index contributed by atoms with van der Waals surface area (Å²) in [5, 5.41) is 0. The molecule has 4 rings (SSSR count). The average Bonchev–Trinajstić information content (AvgIpc) is 2.93. The molecule has 130 valence electrons. The van der Waals surface area contributed by atoms with Crippen LogP contribution in [0.4, 0.5) is 0 Å². The number of hydrogen-bond acceptors (Lipinski definition) is 3. The Bertz CT molecular complexity index is 733. The molecule has 2 fully saturated rings. The minimum absolute atomic E-state index is 0.0463. The summed E-state index contributed by atoms with van der Waals surface area (Å²) < 4.78 is 1.99. The van der Waals surface area contributed by atoms with Gasteiger partial charge >= 0.3 is 5.69 Å². The fourth-order valence-corrected chi connectivity index (χ4v) is 4.41. The van der Waals surface area contributed by atoms with E-state index in [0.717, 1.165) is 42.9 Å². The number of rotatable bonds is 3. The molecular formula is C19H28N4O. The lowest BCUT2D eigenvalue weighted by Gasteiger charge is -2.37. The van der Waals surface area contributed by atoms with Gasteiger partial charge in [-0.25, -0.2) is 4.79 Å².